The predicted octanol–water partition coefficient (Wildman–Crippen LogP) is 6.22. The molecule has 0 atom stereocenters. The summed E-state index contributed by atoms with van der Waals surface area (Å²) in [4.78, 5) is 0. The first-order valence-corrected chi connectivity index (χ1v) is 14.2. The van der Waals surface area contributed by atoms with Crippen LogP contribution in [0, 0.1) is 0 Å². The van der Waals surface area contributed by atoms with Crippen molar-refractivity contribution >= 4 is 47.7 Å². The molecule has 0 heterocycles. The van der Waals surface area contributed by atoms with E-state index in [0.29, 0.717) is 5.30 Å². The van der Waals surface area contributed by atoms with E-state index in [-0.39, 0.29) is 0 Å². The van der Waals surface area contributed by atoms with Crippen LogP contribution in [-0.2, 0) is 6.18 Å². The summed E-state index contributed by atoms with van der Waals surface area (Å²) in [6.07, 6.45) is -4.48. The molecule has 5 heteroatoms. The van der Waals surface area contributed by atoms with Crippen LogP contribution in [0.3, 0.4) is 0 Å². The van der Waals surface area contributed by atoms with Crippen LogP contribution in [0.4, 0.5) is 13.2 Å². The first kappa shape index (κ1) is 24.4. The zero-order valence-corrected chi connectivity index (χ0v) is 21.1. The Kier molecular flexibility index (Phi) is 7.33. The molecule has 5 aromatic rings. The van der Waals surface area contributed by atoms with Gasteiger partial charge in [0.15, 0.2) is 0 Å². The minimum absolute atomic E-state index is 0.385. The molecule has 0 amide bonds. The highest BCUT2D eigenvalue weighted by atomic mass is 31.1. The Morgan fingerprint density at radius 3 is 1.11 bits per heavy atom. The van der Waals surface area contributed by atoms with Crippen LogP contribution in [0.15, 0.2) is 140 Å². The maximum atomic E-state index is 14.7. The van der Waals surface area contributed by atoms with Crippen LogP contribution in [-0.4, -0.2) is 0 Å². The normalized spacial score (nSPS) is 11.7. The molecule has 0 saturated heterocycles. The minimum Gasteiger partial charge on any atom is -0.166 e. The molecule has 0 spiro atoms. The summed E-state index contributed by atoms with van der Waals surface area (Å²) < 4.78 is 44.1. The van der Waals surface area contributed by atoms with E-state index in [0.717, 1.165) is 26.5 Å². The summed E-state index contributed by atoms with van der Waals surface area (Å²) in [5.41, 5.74) is -0.557. The first-order chi connectivity index (χ1) is 17.5. The van der Waals surface area contributed by atoms with Crippen molar-refractivity contribution in [2.45, 2.75) is 6.18 Å². The topological polar surface area (TPSA) is 0 Å². The van der Waals surface area contributed by atoms with E-state index in [1.54, 1.807) is 6.07 Å². The lowest BCUT2D eigenvalue weighted by molar-refractivity contribution is -0.136. The smallest absolute Gasteiger partial charge is 0.166 e. The molecule has 5 rings (SSSR count). The van der Waals surface area contributed by atoms with Gasteiger partial charge in [-0.3, -0.25) is 0 Å². The standard InChI is InChI=1S/C31H23F3P2/c32-31(33,34)28-22-13-23-29(35(24-14-5-1-6-15-24)25-16-7-2-8-17-25)30(28)36(26-18-9-3-10-19-26)27-20-11-4-12-21-27/h1-23H. The highest BCUT2D eigenvalue weighted by Gasteiger charge is 2.39. The average molecular weight is 514 g/mol. The molecule has 0 aliphatic heterocycles. The minimum atomic E-state index is -4.48. The quantitative estimate of drug-likeness (QED) is 0.236. The summed E-state index contributed by atoms with van der Waals surface area (Å²) in [5, 5.41) is 4.97. The second kappa shape index (κ2) is 10.8. The van der Waals surface area contributed by atoms with Crippen molar-refractivity contribution in [3.05, 3.63) is 145 Å². The third-order valence-electron chi connectivity index (χ3n) is 5.84. The largest absolute Gasteiger partial charge is 0.417 e. The fourth-order valence-electron chi connectivity index (χ4n) is 4.32. The molecular weight excluding hydrogens is 491 g/mol. The fraction of sp³-hybridized carbons (Fsp3) is 0.0323. The molecule has 0 fully saturated rings. The van der Waals surface area contributed by atoms with E-state index in [9.17, 15) is 13.2 Å². The highest BCUT2D eigenvalue weighted by molar-refractivity contribution is 7.85. The number of halogens is 3. The molecular formula is C31H23F3P2. The van der Waals surface area contributed by atoms with Gasteiger partial charge in [0.05, 0.1) is 5.56 Å². The third-order valence-corrected chi connectivity index (χ3v) is 11.1. The fourth-order valence-corrected chi connectivity index (χ4v) is 9.78. The van der Waals surface area contributed by atoms with Gasteiger partial charge in [-0.2, -0.15) is 13.2 Å². The molecule has 0 radical (unpaired) electrons. The zero-order chi connectivity index (χ0) is 25.0. The van der Waals surface area contributed by atoms with Gasteiger partial charge in [-0.1, -0.05) is 133 Å². The third kappa shape index (κ3) is 5.14. The maximum absolute atomic E-state index is 14.7. The lowest BCUT2D eigenvalue weighted by Gasteiger charge is -2.30. The van der Waals surface area contributed by atoms with Crippen molar-refractivity contribution in [2.24, 2.45) is 0 Å². The van der Waals surface area contributed by atoms with Gasteiger partial charge in [0.25, 0.3) is 0 Å². The van der Waals surface area contributed by atoms with Gasteiger partial charge in [-0.05, 0) is 48.4 Å². The van der Waals surface area contributed by atoms with Crippen molar-refractivity contribution < 1.29 is 13.2 Å². The van der Waals surface area contributed by atoms with Crippen LogP contribution in [0.25, 0.3) is 0 Å². The molecule has 0 bridgehead atoms. The van der Waals surface area contributed by atoms with Gasteiger partial charge in [-0.15, -0.1) is 0 Å². The summed E-state index contributed by atoms with van der Waals surface area (Å²) >= 11 is 0. The molecule has 0 N–H and O–H groups in total. The molecule has 0 aromatic heterocycles. The van der Waals surface area contributed by atoms with E-state index < -0.39 is 27.6 Å². The Morgan fingerprint density at radius 2 is 0.750 bits per heavy atom. The highest BCUT2D eigenvalue weighted by Crippen LogP contribution is 2.43. The van der Waals surface area contributed by atoms with Crippen LogP contribution in [0.1, 0.15) is 5.56 Å². The zero-order valence-electron chi connectivity index (χ0n) is 19.3. The number of benzene rings is 5. The Balaban J connectivity index is 1.86. The van der Waals surface area contributed by atoms with Crippen molar-refractivity contribution in [1.82, 2.24) is 0 Å². The van der Waals surface area contributed by atoms with E-state index in [1.165, 1.54) is 6.07 Å². The van der Waals surface area contributed by atoms with Gasteiger partial charge in [0.1, 0.15) is 0 Å². The van der Waals surface area contributed by atoms with Gasteiger partial charge >= 0.3 is 6.18 Å². The summed E-state index contributed by atoms with van der Waals surface area (Å²) in [6, 6.07) is 43.7. The second-order valence-electron chi connectivity index (χ2n) is 8.18. The van der Waals surface area contributed by atoms with Crippen LogP contribution in [0.2, 0.25) is 0 Å². The average Bonchev–Trinajstić information content (AvgIpc) is 2.92. The van der Waals surface area contributed by atoms with E-state index in [4.69, 9.17) is 0 Å². The van der Waals surface area contributed by atoms with Gasteiger partial charge < -0.3 is 0 Å². The van der Waals surface area contributed by atoms with Gasteiger partial charge in [-0.25, -0.2) is 0 Å². The Morgan fingerprint density at radius 1 is 0.389 bits per heavy atom. The van der Waals surface area contributed by atoms with Crippen molar-refractivity contribution in [3.63, 3.8) is 0 Å². The van der Waals surface area contributed by atoms with E-state index in [2.05, 4.69) is 0 Å². The van der Waals surface area contributed by atoms with Crippen molar-refractivity contribution in [2.75, 3.05) is 0 Å². The number of hydrogen-bond donors (Lipinski definition) is 0. The van der Waals surface area contributed by atoms with E-state index in [1.807, 2.05) is 127 Å². The van der Waals surface area contributed by atoms with Crippen LogP contribution >= 0.6 is 15.8 Å². The first-order valence-electron chi connectivity index (χ1n) is 11.5. The molecule has 0 saturated carbocycles. The molecule has 0 aliphatic carbocycles. The SMILES string of the molecule is FC(F)(F)c1cccc(P(c2ccccc2)c2ccccc2)c1P(c1ccccc1)c1ccccc1. The number of hydrogen-bond acceptors (Lipinski definition) is 0. The lowest BCUT2D eigenvalue weighted by atomic mass is 10.2. The van der Waals surface area contributed by atoms with Crippen LogP contribution < -0.4 is 31.8 Å². The Labute approximate surface area is 212 Å². The van der Waals surface area contributed by atoms with Crippen LogP contribution in [0.5, 0.6) is 0 Å². The van der Waals surface area contributed by atoms with Gasteiger partial charge in [0.2, 0.25) is 0 Å². The summed E-state index contributed by atoms with van der Waals surface area (Å²) in [5.74, 6) is 0. The number of rotatable bonds is 6. The predicted molar refractivity (Wildman–Crippen MR) is 149 cm³/mol. The number of alkyl halides is 3. The van der Waals surface area contributed by atoms with E-state index >= 15 is 0 Å². The van der Waals surface area contributed by atoms with Crippen molar-refractivity contribution in [1.29, 1.82) is 0 Å². The molecule has 0 unspecified atom stereocenters. The summed E-state index contributed by atoms with van der Waals surface area (Å²) in [6.45, 7) is 0. The second-order valence-corrected chi connectivity index (χ2v) is 12.5. The monoisotopic (exact) mass is 514 g/mol. The molecule has 36 heavy (non-hydrogen) atoms. The maximum Gasteiger partial charge on any atom is 0.417 e. The molecule has 0 aliphatic rings. The van der Waals surface area contributed by atoms with Gasteiger partial charge in [0, 0.05) is 5.30 Å². The molecule has 178 valence electrons. The molecule has 5 aromatic carbocycles. The summed E-state index contributed by atoms with van der Waals surface area (Å²) in [7, 11) is -2.70. The molecule has 0 nitrogen and oxygen atoms in total. The Bertz CT molecular complexity index is 1330. The Hall–Kier alpha value is -3.25. The van der Waals surface area contributed by atoms with Crippen molar-refractivity contribution in [3.8, 4) is 0 Å². The lowest BCUT2D eigenvalue weighted by Crippen LogP contribution is -2.38.